The molecule has 1 saturated heterocycles. The van der Waals surface area contributed by atoms with Crippen molar-refractivity contribution in [2.75, 3.05) is 19.6 Å². The first kappa shape index (κ1) is 13.5. The van der Waals surface area contributed by atoms with Gasteiger partial charge in [-0.2, -0.15) is 0 Å². The summed E-state index contributed by atoms with van der Waals surface area (Å²) in [5.41, 5.74) is 0.639. The molecule has 2 unspecified atom stereocenters. The van der Waals surface area contributed by atoms with E-state index in [-0.39, 0.29) is 5.78 Å². The Hall–Kier alpha value is -0.940. The molecule has 0 amide bonds. The second-order valence-corrected chi connectivity index (χ2v) is 5.01. The number of carbonyl (C=O) groups excluding carboxylic acids is 1. The summed E-state index contributed by atoms with van der Waals surface area (Å²) in [6.45, 7) is 1.40. The normalized spacial score (nSPS) is 24.4. The number of carbonyl (C=O) groups is 1. The third-order valence-corrected chi connectivity index (χ3v) is 3.41. The van der Waals surface area contributed by atoms with E-state index < -0.39 is 12.2 Å². The van der Waals surface area contributed by atoms with Gasteiger partial charge in [0.1, 0.15) is 0 Å². The molecule has 1 aliphatic rings. The number of hydrogen-bond donors (Lipinski definition) is 2. The van der Waals surface area contributed by atoms with E-state index >= 15 is 0 Å². The number of nitrogens with zero attached hydrogens (tertiary/aromatic N) is 1. The lowest BCUT2D eigenvalue weighted by atomic mass is 10.1. The monoisotopic (exact) mass is 269 g/mol. The van der Waals surface area contributed by atoms with Crippen molar-refractivity contribution in [1.82, 2.24) is 4.90 Å². The maximum absolute atomic E-state index is 11.9. The van der Waals surface area contributed by atoms with Crippen LogP contribution in [0.3, 0.4) is 0 Å². The standard InChI is InChI=1S/C13H16ClNO3/c14-10-3-1-9(2-4-10)11(16)5-6-15-7-12(17)13(18)8-15/h1-4,12-13,17-18H,5-8H2. The molecule has 0 bridgehead atoms. The van der Waals surface area contributed by atoms with Crippen LogP contribution in [-0.4, -0.2) is 52.7 Å². The molecule has 0 aliphatic carbocycles. The summed E-state index contributed by atoms with van der Waals surface area (Å²) in [5, 5.41) is 19.4. The van der Waals surface area contributed by atoms with Gasteiger partial charge in [0.15, 0.2) is 5.78 Å². The van der Waals surface area contributed by atoms with E-state index in [2.05, 4.69) is 0 Å². The number of aliphatic hydroxyl groups excluding tert-OH is 2. The Morgan fingerprint density at radius 3 is 2.33 bits per heavy atom. The van der Waals surface area contributed by atoms with E-state index in [1.807, 2.05) is 4.90 Å². The molecule has 2 rings (SSSR count). The summed E-state index contributed by atoms with van der Waals surface area (Å²) in [5.74, 6) is 0.0440. The largest absolute Gasteiger partial charge is 0.389 e. The van der Waals surface area contributed by atoms with Crippen molar-refractivity contribution >= 4 is 17.4 Å². The van der Waals surface area contributed by atoms with Crippen molar-refractivity contribution in [3.8, 4) is 0 Å². The summed E-state index contributed by atoms with van der Waals surface area (Å²) in [6.07, 6.45) is -1.02. The zero-order valence-electron chi connectivity index (χ0n) is 9.92. The van der Waals surface area contributed by atoms with Gasteiger partial charge in [-0.1, -0.05) is 11.6 Å². The van der Waals surface area contributed by atoms with Gasteiger partial charge in [0.05, 0.1) is 12.2 Å². The fraction of sp³-hybridized carbons (Fsp3) is 0.462. The smallest absolute Gasteiger partial charge is 0.164 e. The Morgan fingerprint density at radius 2 is 1.78 bits per heavy atom. The lowest BCUT2D eigenvalue weighted by Gasteiger charge is -2.13. The molecule has 0 saturated carbocycles. The van der Waals surface area contributed by atoms with Gasteiger partial charge in [-0.3, -0.25) is 9.69 Å². The molecule has 5 heteroatoms. The van der Waals surface area contributed by atoms with E-state index in [9.17, 15) is 15.0 Å². The van der Waals surface area contributed by atoms with E-state index in [0.29, 0.717) is 36.6 Å². The SMILES string of the molecule is O=C(CCN1CC(O)C(O)C1)c1ccc(Cl)cc1. The number of likely N-dealkylation sites (tertiary alicyclic amines) is 1. The van der Waals surface area contributed by atoms with Crippen LogP contribution in [-0.2, 0) is 0 Å². The second-order valence-electron chi connectivity index (χ2n) is 4.57. The number of Topliss-reactive ketones (excluding diaryl/α,β-unsaturated/α-hetero) is 1. The zero-order valence-corrected chi connectivity index (χ0v) is 10.7. The molecule has 0 aromatic heterocycles. The third-order valence-electron chi connectivity index (χ3n) is 3.16. The van der Waals surface area contributed by atoms with E-state index in [0.717, 1.165) is 0 Å². The van der Waals surface area contributed by atoms with Gasteiger partial charge < -0.3 is 10.2 Å². The summed E-state index contributed by atoms with van der Waals surface area (Å²) in [7, 11) is 0. The topological polar surface area (TPSA) is 60.8 Å². The van der Waals surface area contributed by atoms with Gasteiger partial charge >= 0.3 is 0 Å². The fourth-order valence-electron chi connectivity index (χ4n) is 2.07. The molecule has 1 aliphatic heterocycles. The maximum Gasteiger partial charge on any atom is 0.164 e. The average molecular weight is 270 g/mol. The molecule has 0 spiro atoms. The summed E-state index contributed by atoms with van der Waals surface area (Å²) in [6, 6.07) is 6.80. The minimum Gasteiger partial charge on any atom is -0.389 e. The summed E-state index contributed by atoms with van der Waals surface area (Å²) in [4.78, 5) is 13.8. The van der Waals surface area contributed by atoms with Gasteiger partial charge in [-0.05, 0) is 24.3 Å². The van der Waals surface area contributed by atoms with Crippen LogP contribution < -0.4 is 0 Å². The van der Waals surface area contributed by atoms with E-state index in [1.54, 1.807) is 24.3 Å². The van der Waals surface area contributed by atoms with Crippen molar-refractivity contribution in [1.29, 1.82) is 0 Å². The third kappa shape index (κ3) is 3.29. The molecular formula is C13H16ClNO3. The molecule has 98 valence electrons. The lowest BCUT2D eigenvalue weighted by Crippen LogP contribution is -2.25. The van der Waals surface area contributed by atoms with E-state index in [1.165, 1.54) is 0 Å². The quantitative estimate of drug-likeness (QED) is 0.799. The van der Waals surface area contributed by atoms with Gasteiger partial charge in [-0.15, -0.1) is 0 Å². The number of benzene rings is 1. The van der Waals surface area contributed by atoms with Crippen molar-refractivity contribution in [3.63, 3.8) is 0 Å². The predicted molar refractivity (Wildman–Crippen MR) is 68.9 cm³/mol. The van der Waals surface area contributed by atoms with Crippen LogP contribution >= 0.6 is 11.6 Å². The molecule has 0 radical (unpaired) electrons. The first-order valence-corrected chi connectivity index (χ1v) is 6.31. The number of aliphatic hydroxyl groups is 2. The molecule has 4 nitrogen and oxygen atoms in total. The average Bonchev–Trinajstić information content (AvgIpc) is 2.67. The van der Waals surface area contributed by atoms with Crippen molar-refractivity contribution in [2.24, 2.45) is 0 Å². The Labute approximate surface area is 111 Å². The summed E-state index contributed by atoms with van der Waals surface area (Å²) >= 11 is 5.75. The van der Waals surface area contributed by atoms with Gasteiger partial charge in [0.2, 0.25) is 0 Å². The van der Waals surface area contributed by atoms with Gasteiger partial charge in [0, 0.05) is 36.6 Å². The minimum absolute atomic E-state index is 0.0440. The molecule has 2 atom stereocenters. The molecule has 1 fully saturated rings. The Kier molecular flexibility index (Phi) is 4.35. The Bertz CT molecular complexity index is 411. The minimum atomic E-state index is -0.698. The van der Waals surface area contributed by atoms with Crippen LogP contribution in [0, 0.1) is 0 Å². The molecule has 18 heavy (non-hydrogen) atoms. The predicted octanol–water partition coefficient (Wildman–Crippen LogP) is 0.950. The molecule has 2 N–H and O–H groups in total. The number of halogens is 1. The molecule has 1 aromatic rings. The van der Waals surface area contributed by atoms with Crippen molar-refractivity contribution in [3.05, 3.63) is 34.9 Å². The highest BCUT2D eigenvalue weighted by Crippen LogP contribution is 2.13. The highest BCUT2D eigenvalue weighted by Gasteiger charge is 2.29. The van der Waals surface area contributed by atoms with Crippen molar-refractivity contribution < 1.29 is 15.0 Å². The molecular weight excluding hydrogens is 254 g/mol. The number of hydrogen-bond acceptors (Lipinski definition) is 4. The first-order chi connectivity index (χ1) is 8.56. The number of rotatable bonds is 4. The molecule has 1 aromatic carbocycles. The van der Waals surface area contributed by atoms with Gasteiger partial charge in [-0.25, -0.2) is 0 Å². The van der Waals surface area contributed by atoms with Gasteiger partial charge in [0.25, 0.3) is 0 Å². The summed E-state index contributed by atoms with van der Waals surface area (Å²) < 4.78 is 0. The Balaban J connectivity index is 1.84. The second kappa shape index (κ2) is 5.80. The Morgan fingerprint density at radius 1 is 1.22 bits per heavy atom. The van der Waals surface area contributed by atoms with Crippen LogP contribution in [0.2, 0.25) is 5.02 Å². The van der Waals surface area contributed by atoms with E-state index in [4.69, 9.17) is 11.6 Å². The van der Waals surface area contributed by atoms with Crippen molar-refractivity contribution in [2.45, 2.75) is 18.6 Å². The zero-order chi connectivity index (χ0) is 13.1. The highest BCUT2D eigenvalue weighted by molar-refractivity contribution is 6.30. The van der Waals surface area contributed by atoms with Crippen LogP contribution in [0.4, 0.5) is 0 Å². The number of β-amino-alcohol motifs (C(OH)–C–C–N with tert-alkyl or cyclic N) is 2. The molecule has 1 heterocycles. The maximum atomic E-state index is 11.9. The number of ketones is 1. The van der Waals surface area contributed by atoms with Crippen LogP contribution in [0.25, 0.3) is 0 Å². The van der Waals surface area contributed by atoms with Crippen LogP contribution in [0.15, 0.2) is 24.3 Å². The fourth-order valence-corrected chi connectivity index (χ4v) is 2.20. The lowest BCUT2D eigenvalue weighted by molar-refractivity contribution is 0.0572. The highest BCUT2D eigenvalue weighted by atomic mass is 35.5. The van der Waals surface area contributed by atoms with Crippen LogP contribution in [0.5, 0.6) is 0 Å². The van der Waals surface area contributed by atoms with Crippen LogP contribution in [0.1, 0.15) is 16.8 Å². The first-order valence-electron chi connectivity index (χ1n) is 5.93.